The Hall–Kier alpha value is -0.795. The van der Waals surface area contributed by atoms with Crippen molar-refractivity contribution in [1.29, 1.82) is 0 Å². The average Bonchev–Trinajstić information content (AvgIpc) is 2.37. The van der Waals surface area contributed by atoms with Crippen LogP contribution in [0.15, 0.2) is 24.3 Å². The van der Waals surface area contributed by atoms with Crippen LogP contribution in [-0.2, 0) is 5.41 Å². The zero-order valence-electron chi connectivity index (χ0n) is 11.3. The van der Waals surface area contributed by atoms with Crippen molar-refractivity contribution < 1.29 is 10.0 Å². The van der Waals surface area contributed by atoms with Crippen molar-refractivity contribution in [2.24, 2.45) is 17.8 Å². The van der Waals surface area contributed by atoms with Crippen LogP contribution in [0.3, 0.4) is 0 Å². The molecule has 0 heterocycles. The molecule has 3 heteroatoms. The molecule has 1 aromatic rings. The Bertz CT molecular complexity index is 445. The van der Waals surface area contributed by atoms with Gasteiger partial charge < -0.3 is 10.0 Å². The van der Waals surface area contributed by atoms with Gasteiger partial charge in [-0.2, -0.15) is 0 Å². The van der Waals surface area contributed by atoms with Gasteiger partial charge in [-0.25, -0.2) is 0 Å². The van der Waals surface area contributed by atoms with E-state index in [1.165, 1.54) is 44.1 Å². The first-order chi connectivity index (χ1) is 9.14. The Morgan fingerprint density at radius 3 is 1.74 bits per heavy atom. The maximum Gasteiger partial charge on any atom is 0.488 e. The minimum absolute atomic E-state index is 0.410. The molecule has 2 nitrogen and oxygen atoms in total. The second-order valence-corrected chi connectivity index (χ2v) is 7.19. The quantitative estimate of drug-likeness (QED) is 0.792. The summed E-state index contributed by atoms with van der Waals surface area (Å²) in [4.78, 5) is 0. The smallest absolute Gasteiger partial charge is 0.423 e. The molecule has 4 bridgehead atoms. The van der Waals surface area contributed by atoms with Crippen molar-refractivity contribution >= 4 is 12.6 Å². The van der Waals surface area contributed by atoms with Gasteiger partial charge in [-0.1, -0.05) is 24.3 Å². The van der Waals surface area contributed by atoms with Crippen molar-refractivity contribution in [3.8, 4) is 0 Å². The van der Waals surface area contributed by atoms with E-state index in [4.69, 9.17) is 0 Å². The maximum absolute atomic E-state index is 9.20. The van der Waals surface area contributed by atoms with Gasteiger partial charge in [0.05, 0.1) is 0 Å². The van der Waals surface area contributed by atoms with Crippen LogP contribution in [0, 0.1) is 17.8 Å². The lowest BCUT2D eigenvalue weighted by Gasteiger charge is -2.57. The number of hydrogen-bond acceptors (Lipinski definition) is 2. The summed E-state index contributed by atoms with van der Waals surface area (Å²) < 4.78 is 0. The van der Waals surface area contributed by atoms with Gasteiger partial charge in [-0.05, 0) is 72.7 Å². The molecular formula is C16H21BO2. The minimum atomic E-state index is -1.34. The van der Waals surface area contributed by atoms with E-state index in [1.807, 2.05) is 12.1 Å². The molecule has 0 unspecified atom stereocenters. The Balaban J connectivity index is 1.67. The summed E-state index contributed by atoms with van der Waals surface area (Å²) in [5, 5.41) is 18.4. The molecule has 4 saturated carbocycles. The van der Waals surface area contributed by atoms with Crippen molar-refractivity contribution in [3.05, 3.63) is 29.8 Å². The van der Waals surface area contributed by atoms with Crippen LogP contribution in [0.5, 0.6) is 0 Å². The molecule has 4 aliphatic carbocycles. The summed E-state index contributed by atoms with van der Waals surface area (Å²) in [5.41, 5.74) is 2.46. The van der Waals surface area contributed by atoms with Crippen LogP contribution < -0.4 is 5.46 Å². The minimum Gasteiger partial charge on any atom is -0.423 e. The highest BCUT2D eigenvalue weighted by Crippen LogP contribution is 2.60. The number of rotatable bonds is 2. The molecule has 4 aliphatic rings. The van der Waals surface area contributed by atoms with Crippen molar-refractivity contribution in [1.82, 2.24) is 0 Å². The molecule has 5 rings (SSSR count). The van der Waals surface area contributed by atoms with Crippen LogP contribution in [0.1, 0.15) is 44.1 Å². The first-order valence-electron chi connectivity index (χ1n) is 7.61. The number of benzene rings is 1. The molecule has 4 fully saturated rings. The predicted molar refractivity (Wildman–Crippen MR) is 76.1 cm³/mol. The van der Waals surface area contributed by atoms with Gasteiger partial charge in [0, 0.05) is 0 Å². The highest BCUT2D eigenvalue weighted by Gasteiger charge is 2.51. The fraction of sp³-hybridized carbons (Fsp3) is 0.625. The fourth-order valence-corrected chi connectivity index (χ4v) is 5.47. The molecular weight excluding hydrogens is 235 g/mol. The van der Waals surface area contributed by atoms with Crippen LogP contribution in [-0.4, -0.2) is 17.2 Å². The standard InChI is InChI=1S/C16H21BO2/c18-17(19)15-3-1-14(2-4-15)16-8-11-5-12(9-16)7-13(6-11)10-16/h1-4,11-13,18-19H,5-10H2/t11-,12+,13?,16?. The van der Waals surface area contributed by atoms with Crippen molar-refractivity contribution in [3.63, 3.8) is 0 Å². The summed E-state index contributed by atoms with van der Waals surface area (Å²) in [6.07, 6.45) is 8.48. The highest BCUT2D eigenvalue weighted by atomic mass is 16.4. The van der Waals surface area contributed by atoms with Gasteiger partial charge >= 0.3 is 7.12 Å². The lowest BCUT2D eigenvalue weighted by molar-refractivity contribution is -0.00518. The van der Waals surface area contributed by atoms with E-state index >= 15 is 0 Å². The second kappa shape index (κ2) is 4.10. The molecule has 19 heavy (non-hydrogen) atoms. The van der Waals surface area contributed by atoms with Crippen LogP contribution in [0.25, 0.3) is 0 Å². The molecule has 1 aromatic carbocycles. The van der Waals surface area contributed by atoms with Gasteiger partial charge in [0.15, 0.2) is 0 Å². The zero-order valence-corrected chi connectivity index (χ0v) is 11.3. The molecule has 0 spiro atoms. The van der Waals surface area contributed by atoms with Gasteiger partial charge in [0.1, 0.15) is 0 Å². The van der Waals surface area contributed by atoms with Gasteiger partial charge in [0.25, 0.3) is 0 Å². The van der Waals surface area contributed by atoms with E-state index in [-0.39, 0.29) is 0 Å². The molecule has 0 saturated heterocycles. The molecule has 0 atom stereocenters. The third-order valence-corrected chi connectivity index (χ3v) is 5.86. The maximum atomic E-state index is 9.20. The molecule has 2 N–H and O–H groups in total. The average molecular weight is 256 g/mol. The fourth-order valence-electron chi connectivity index (χ4n) is 5.47. The Morgan fingerprint density at radius 2 is 1.32 bits per heavy atom. The van der Waals surface area contributed by atoms with E-state index in [9.17, 15) is 10.0 Å². The third kappa shape index (κ3) is 1.86. The van der Waals surface area contributed by atoms with E-state index in [0.29, 0.717) is 10.9 Å². The van der Waals surface area contributed by atoms with E-state index in [2.05, 4.69) is 12.1 Å². The first-order valence-corrected chi connectivity index (χ1v) is 7.61. The highest BCUT2D eigenvalue weighted by molar-refractivity contribution is 6.58. The second-order valence-electron chi connectivity index (χ2n) is 7.19. The van der Waals surface area contributed by atoms with Crippen LogP contribution >= 0.6 is 0 Å². The number of hydrogen-bond donors (Lipinski definition) is 2. The Morgan fingerprint density at radius 1 is 0.842 bits per heavy atom. The molecule has 0 aromatic heterocycles. The summed E-state index contributed by atoms with van der Waals surface area (Å²) in [6, 6.07) is 8.06. The van der Waals surface area contributed by atoms with Gasteiger partial charge in [0.2, 0.25) is 0 Å². The lowest BCUT2D eigenvalue weighted by atomic mass is 9.48. The summed E-state index contributed by atoms with van der Waals surface area (Å²) in [5.74, 6) is 2.86. The van der Waals surface area contributed by atoms with Crippen LogP contribution in [0.4, 0.5) is 0 Å². The van der Waals surface area contributed by atoms with Gasteiger partial charge in [-0.3, -0.25) is 0 Å². The van der Waals surface area contributed by atoms with E-state index < -0.39 is 7.12 Å². The molecule has 0 amide bonds. The van der Waals surface area contributed by atoms with Crippen LogP contribution in [0.2, 0.25) is 0 Å². The predicted octanol–water partition coefficient (Wildman–Crippen LogP) is 1.83. The Labute approximate surface area is 115 Å². The van der Waals surface area contributed by atoms with Crippen molar-refractivity contribution in [2.75, 3.05) is 0 Å². The summed E-state index contributed by atoms with van der Waals surface area (Å²) in [7, 11) is -1.34. The lowest BCUT2D eigenvalue weighted by Crippen LogP contribution is -2.48. The Kier molecular flexibility index (Phi) is 2.58. The SMILES string of the molecule is OB(O)c1ccc(C23CC4C[C@H](C2)C[C@@H](C4)C3)cc1. The topological polar surface area (TPSA) is 40.5 Å². The third-order valence-electron chi connectivity index (χ3n) is 5.86. The van der Waals surface area contributed by atoms with Gasteiger partial charge in [-0.15, -0.1) is 0 Å². The van der Waals surface area contributed by atoms with E-state index in [1.54, 1.807) is 0 Å². The summed E-state index contributed by atoms with van der Waals surface area (Å²) in [6.45, 7) is 0. The van der Waals surface area contributed by atoms with E-state index in [0.717, 1.165) is 17.8 Å². The molecule has 100 valence electrons. The molecule has 0 aliphatic heterocycles. The zero-order chi connectivity index (χ0) is 13.0. The van der Waals surface area contributed by atoms with Crippen molar-refractivity contribution in [2.45, 2.75) is 43.9 Å². The first kappa shape index (κ1) is 12.0. The largest absolute Gasteiger partial charge is 0.488 e. The molecule has 0 radical (unpaired) electrons. The normalized spacial score (nSPS) is 39.6. The summed E-state index contributed by atoms with van der Waals surface area (Å²) >= 11 is 0. The monoisotopic (exact) mass is 256 g/mol.